The number of rotatable bonds is 4. The predicted octanol–water partition coefficient (Wildman–Crippen LogP) is 4.12. The highest BCUT2D eigenvalue weighted by Crippen LogP contribution is 2.16. The number of alkyl halides is 1. The van der Waals surface area contributed by atoms with E-state index in [1.807, 2.05) is 12.3 Å². The number of fused-ring (bicyclic) bond motifs is 1. The molecule has 82 valence electrons. The Kier molecular flexibility index (Phi) is 4.11. The van der Waals surface area contributed by atoms with Gasteiger partial charge >= 0.3 is 0 Å². The fourth-order valence-electron chi connectivity index (χ4n) is 1.72. The van der Waals surface area contributed by atoms with Crippen molar-refractivity contribution in [3.05, 3.63) is 54.2 Å². The summed E-state index contributed by atoms with van der Waals surface area (Å²) in [4.78, 5) is 4.35. The summed E-state index contributed by atoms with van der Waals surface area (Å²) in [7, 11) is 0. The first-order chi connectivity index (χ1) is 7.92. The summed E-state index contributed by atoms with van der Waals surface area (Å²) >= 11 is 3.41. The van der Waals surface area contributed by atoms with Gasteiger partial charge < -0.3 is 0 Å². The summed E-state index contributed by atoms with van der Waals surface area (Å²) in [5, 5.41) is 2.29. The number of hydrogen-bond acceptors (Lipinski definition) is 1. The van der Waals surface area contributed by atoms with E-state index in [9.17, 15) is 0 Å². The number of pyridine rings is 1. The van der Waals surface area contributed by atoms with Crippen molar-refractivity contribution in [2.24, 2.45) is 0 Å². The average molecular weight is 276 g/mol. The van der Waals surface area contributed by atoms with E-state index in [2.05, 4.69) is 57.3 Å². The van der Waals surface area contributed by atoms with Crippen molar-refractivity contribution >= 4 is 26.8 Å². The molecule has 0 saturated heterocycles. The Morgan fingerprint density at radius 2 is 2.00 bits per heavy atom. The van der Waals surface area contributed by atoms with Crippen LogP contribution in [0.15, 0.2) is 48.7 Å². The minimum atomic E-state index is 0.982. The molecule has 1 nitrogen and oxygen atoms in total. The van der Waals surface area contributed by atoms with Crippen molar-refractivity contribution in [2.75, 3.05) is 5.33 Å². The zero-order chi connectivity index (χ0) is 11.2. The van der Waals surface area contributed by atoms with Crippen LogP contribution in [0.25, 0.3) is 10.9 Å². The summed E-state index contributed by atoms with van der Waals surface area (Å²) < 4.78 is 0. The zero-order valence-corrected chi connectivity index (χ0v) is 10.7. The van der Waals surface area contributed by atoms with Gasteiger partial charge in [0.15, 0.2) is 0 Å². The van der Waals surface area contributed by atoms with Crippen LogP contribution in [-0.2, 0) is 6.42 Å². The lowest BCUT2D eigenvalue weighted by Crippen LogP contribution is -1.86. The largest absolute Gasteiger partial charge is 0.256 e. The van der Waals surface area contributed by atoms with Gasteiger partial charge in [-0.2, -0.15) is 0 Å². The minimum Gasteiger partial charge on any atom is -0.256 e. The molecule has 2 rings (SSSR count). The molecular formula is C14H14BrN. The second-order valence-electron chi connectivity index (χ2n) is 3.64. The maximum Gasteiger partial charge on any atom is 0.0704 e. The summed E-state index contributed by atoms with van der Waals surface area (Å²) in [6.07, 6.45) is 8.39. The van der Waals surface area contributed by atoms with E-state index in [1.54, 1.807) is 0 Å². The molecule has 0 unspecified atom stereocenters. The van der Waals surface area contributed by atoms with Crippen LogP contribution < -0.4 is 0 Å². The molecule has 0 N–H and O–H groups in total. The van der Waals surface area contributed by atoms with Crippen LogP contribution in [0.1, 0.15) is 12.0 Å². The number of nitrogens with zero attached hydrogens (tertiary/aromatic N) is 1. The lowest BCUT2D eigenvalue weighted by Gasteiger charge is -2.02. The molecule has 1 aromatic carbocycles. The molecule has 0 aliphatic carbocycles. The van der Waals surface area contributed by atoms with Crippen LogP contribution in [0.5, 0.6) is 0 Å². The van der Waals surface area contributed by atoms with Gasteiger partial charge in [0, 0.05) is 16.9 Å². The first kappa shape index (κ1) is 11.3. The summed E-state index contributed by atoms with van der Waals surface area (Å²) in [6.45, 7) is 0. The van der Waals surface area contributed by atoms with E-state index in [1.165, 1.54) is 10.9 Å². The van der Waals surface area contributed by atoms with Crippen LogP contribution in [0, 0.1) is 0 Å². The van der Waals surface area contributed by atoms with Crippen molar-refractivity contribution < 1.29 is 0 Å². The van der Waals surface area contributed by atoms with E-state index in [4.69, 9.17) is 0 Å². The van der Waals surface area contributed by atoms with Crippen molar-refractivity contribution in [3.8, 4) is 0 Å². The van der Waals surface area contributed by atoms with Gasteiger partial charge in [-0.25, -0.2) is 0 Å². The Bertz CT molecular complexity index is 486. The third-order valence-electron chi connectivity index (χ3n) is 2.52. The third kappa shape index (κ3) is 2.70. The fourth-order valence-corrected chi connectivity index (χ4v) is 1.99. The van der Waals surface area contributed by atoms with E-state index in [0.29, 0.717) is 0 Å². The molecule has 0 atom stereocenters. The molecule has 0 amide bonds. The molecule has 0 bridgehead atoms. The molecule has 0 spiro atoms. The Hall–Kier alpha value is -1.15. The normalized spacial score (nSPS) is 11.3. The van der Waals surface area contributed by atoms with Gasteiger partial charge in [-0.05, 0) is 30.5 Å². The highest BCUT2D eigenvalue weighted by molar-refractivity contribution is 9.09. The van der Waals surface area contributed by atoms with E-state index >= 15 is 0 Å². The first-order valence-corrected chi connectivity index (χ1v) is 6.57. The maximum absolute atomic E-state index is 4.35. The van der Waals surface area contributed by atoms with Crippen LogP contribution >= 0.6 is 15.9 Å². The standard InChI is InChI=1S/C14H14BrN/c15-10-5-1-2-6-12-9-11-16-14-8-4-3-7-13(12)14/h1-4,7-9,11H,5-6,10H2. The Labute approximate surface area is 104 Å². The van der Waals surface area contributed by atoms with Crippen LogP contribution in [0.4, 0.5) is 0 Å². The average Bonchev–Trinajstić information content (AvgIpc) is 2.35. The highest BCUT2D eigenvalue weighted by atomic mass is 79.9. The minimum absolute atomic E-state index is 0.982. The number of benzene rings is 1. The van der Waals surface area contributed by atoms with Gasteiger partial charge in [-0.1, -0.05) is 46.3 Å². The van der Waals surface area contributed by atoms with Gasteiger partial charge in [0.25, 0.3) is 0 Å². The molecular weight excluding hydrogens is 262 g/mol. The summed E-state index contributed by atoms with van der Waals surface area (Å²) in [6, 6.07) is 10.4. The predicted molar refractivity (Wildman–Crippen MR) is 73.0 cm³/mol. The molecule has 0 radical (unpaired) electrons. The van der Waals surface area contributed by atoms with Crippen LogP contribution in [0.2, 0.25) is 0 Å². The zero-order valence-electron chi connectivity index (χ0n) is 9.07. The topological polar surface area (TPSA) is 12.9 Å². The van der Waals surface area contributed by atoms with Crippen molar-refractivity contribution in [1.82, 2.24) is 4.98 Å². The number of allylic oxidation sites excluding steroid dienone is 2. The lowest BCUT2D eigenvalue weighted by atomic mass is 10.1. The molecule has 0 fully saturated rings. The van der Waals surface area contributed by atoms with Crippen molar-refractivity contribution in [2.45, 2.75) is 12.8 Å². The maximum atomic E-state index is 4.35. The molecule has 2 heteroatoms. The quantitative estimate of drug-likeness (QED) is 0.604. The summed E-state index contributed by atoms with van der Waals surface area (Å²) in [5.74, 6) is 0. The number of halogens is 1. The molecule has 0 saturated carbocycles. The number of aromatic nitrogens is 1. The smallest absolute Gasteiger partial charge is 0.0704 e. The van der Waals surface area contributed by atoms with E-state index < -0.39 is 0 Å². The van der Waals surface area contributed by atoms with Crippen LogP contribution in [0.3, 0.4) is 0 Å². The third-order valence-corrected chi connectivity index (χ3v) is 2.98. The van der Waals surface area contributed by atoms with Crippen molar-refractivity contribution in [1.29, 1.82) is 0 Å². The van der Waals surface area contributed by atoms with Gasteiger partial charge in [0.2, 0.25) is 0 Å². The SMILES string of the molecule is BrCCC=CCc1ccnc2ccccc12. The fraction of sp³-hybridized carbons (Fsp3) is 0.214. The molecule has 0 aliphatic heterocycles. The highest BCUT2D eigenvalue weighted by Gasteiger charge is 1.98. The van der Waals surface area contributed by atoms with Gasteiger partial charge in [0.05, 0.1) is 5.52 Å². The van der Waals surface area contributed by atoms with Gasteiger partial charge in [0.1, 0.15) is 0 Å². The molecule has 1 heterocycles. The molecule has 1 aromatic heterocycles. The van der Waals surface area contributed by atoms with Gasteiger partial charge in [-0.15, -0.1) is 0 Å². The Morgan fingerprint density at radius 1 is 1.12 bits per heavy atom. The van der Waals surface area contributed by atoms with E-state index in [-0.39, 0.29) is 0 Å². The lowest BCUT2D eigenvalue weighted by molar-refractivity contribution is 1.20. The molecule has 2 aromatic rings. The van der Waals surface area contributed by atoms with Gasteiger partial charge in [-0.3, -0.25) is 4.98 Å². The van der Waals surface area contributed by atoms with Crippen molar-refractivity contribution in [3.63, 3.8) is 0 Å². The first-order valence-electron chi connectivity index (χ1n) is 5.45. The second-order valence-corrected chi connectivity index (χ2v) is 4.43. The van der Waals surface area contributed by atoms with Crippen LogP contribution in [-0.4, -0.2) is 10.3 Å². The Balaban J connectivity index is 2.23. The number of para-hydroxylation sites is 1. The molecule has 0 aliphatic rings. The molecule has 16 heavy (non-hydrogen) atoms. The van der Waals surface area contributed by atoms with E-state index in [0.717, 1.165) is 23.7 Å². The monoisotopic (exact) mass is 275 g/mol. The number of hydrogen-bond donors (Lipinski definition) is 0. The Morgan fingerprint density at radius 3 is 2.88 bits per heavy atom. The summed E-state index contributed by atoms with van der Waals surface area (Å²) in [5.41, 5.74) is 2.42. The second kappa shape index (κ2) is 5.80.